The van der Waals surface area contributed by atoms with Crippen molar-refractivity contribution in [3.63, 3.8) is 0 Å². The predicted molar refractivity (Wildman–Crippen MR) is 111 cm³/mol. The van der Waals surface area contributed by atoms with Gasteiger partial charge in [0.05, 0.1) is 10.9 Å². The Morgan fingerprint density at radius 2 is 1.43 bits per heavy atom. The van der Waals surface area contributed by atoms with Crippen molar-refractivity contribution in [2.45, 2.75) is 10.9 Å². The molecule has 0 aromatic heterocycles. The number of benzene rings is 3. The smallest absolute Gasteiger partial charge is 0.245 e. The molecule has 3 aromatic carbocycles. The molecule has 142 valence electrons. The van der Waals surface area contributed by atoms with Crippen molar-refractivity contribution < 1.29 is 13.2 Å². The first kappa shape index (κ1) is 20.0. The summed E-state index contributed by atoms with van der Waals surface area (Å²) >= 11 is 5.31. The van der Waals surface area contributed by atoms with Crippen LogP contribution in [-0.2, 0) is 14.8 Å². The highest BCUT2D eigenvalue weighted by Crippen LogP contribution is 2.25. The Labute approximate surface area is 169 Å². The summed E-state index contributed by atoms with van der Waals surface area (Å²) in [6.45, 7) is 0. The van der Waals surface area contributed by atoms with Gasteiger partial charge in [-0.1, -0.05) is 78.9 Å². The first-order valence-corrected chi connectivity index (χ1v) is 10.4. The number of hydrogen-bond acceptors (Lipinski definition) is 3. The van der Waals surface area contributed by atoms with E-state index < -0.39 is 21.3 Å². The maximum Gasteiger partial charge on any atom is 0.245 e. The molecule has 0 bridgehead atoms. The molecule has 28 heavy (non-hydrogen) atoms. The minimum absolute atomic E-state index is 0.105. The average Bonchev–Trinajstić information content (AvgIpc) is 2.72. The van der Waals surface area contributed by atoms with E-state index in [1.807, 2.05) is 60.7 Å². The third kappa shape index (κ3) is 5.16. The number of hydrogen-bond donors (Lipinski definition) is 1. The second-order valence-corrected chi connectivity index (χ2v) is 8.17. The second kappa shape index (κ2) is 8.97. The van der Waals surface area contributed by atoms with Crippen LogP contribution < -0.4 is 4.72 Å². The zero-order chi connectivity index (χ0) is 20.0. The van der Waals surface area contributed by atoms with Crippen LogP contribution in [0.25, 0.3) is 6.08 Å². The lowest BCUT2D eigenvalue weighted by Crippen LogP contribution is -2.29. The van der Waals surface area contributed by atoms with Crippen LogP contribution in [0.5, 0.6) is 0 Å². The number of allylic oxidation sites excluding steroid dienone is 1. The van der Waals surface area contributed by atoms with E-state index in [0.717, 1.165) is 11.1 Å². The fourth-order valence-corrected chi connectivity index (χ4v) is 4.12. The van der Waals surface area contributed by atoms with Gasteiger partial charge in [-0.25, -0.2) is 8.42 Å². The van der Waals surface area contributed by atoms with Crippen LogP contribution in [0, 0.1) is 0 Å². The first-order valence-electron chi connectivity index (χ1n) is 8.55. The number of sulfonamides is 1. The Morgan fingerprint density at radius 3 is 1.96 bits per heavy atom. The Kier molecular flexibility index (Phi) is 6.41. The fourth-order valence-electron chi connectivity index (χ4n) is 2.79. The van der Waals surface area contributed by atoms with Crippen molar-refractivity contribution in [2.24, 2.45) is 0 Å². The first-order chi connectivity index (χ1) is 13.5. The molecular formula is C22H18ClNO3S. The van der Waals surface area contributed by atoms with Gasteiger partial charge in [-0.3, -0.25) is 4.79 Å². The summed E-state index contributed by atoms with van der Waals surface area (Å²) in [4.78, 5) is 11.0. The van der Waals surface area contributed by atoms with Gasteiger partial charge < -0.3 is 0 Å². The molecule has 0 aliphatic heterocycles. The molecule has 0 saturated heterocycles. The number of rotatable bonds is 7. The van der Waals surface area contributed by atoms with Gasteiger partial charge >= 0.3 is 0 Å². The zero-order valence-electron chi connectivity index (χ0n) is 14.8. The summed E-state index contributed by atoms with van der Waals surface area (Å²) in [5.41, 5.74) is 2.23. The maximum atomic E-state index is 13.1. The van der Waals surface area contributed by atoms with Crippen LogP contribution in [0.2, 0.25) is 0 Å². The van der Waals surface area contributed by atoms with E-state index in [1.165, 1.54) is 24.3 Å². The highest BCUT2D eigenvalue weighted by molar-refractivity contribution is 7.89. The summed E-state index contributed by atoms with van der Waals surface area (Å²) in [5.74, 6) is 0. The third-order valence-corrected chi connectivity index (χ3v) is 5.66. The highest BCUT2D eigenvalue weighted by Gasteiger charge is 2.22. The SMILES string of the molecule is O=C(Cl)/C=C/c1cccc(S(=O)(=O)NC(c2ccccc2)c2ccccc2)c1. The molecule has 0 unspecified atom stereocenters. The van der Waals surface area contributed by atoms with Crippen LogP contribution >= 0.6 is 11.6 Å². The molecule has 0 atom stereocenters. The molecule has 0 radical (unpaired) electrons. The highest BCUT2D eigenvalue weighted by atomic mass is 35.5. The minimum Gasteiger partial charge on any atom is -0.276 e. The van der Waals surface area contributed by atoms with E-state index in [9.17, 15) is 13.2 Å². The van der Waals surface area contributed by atoms with Gasteiger partial charge in [-0.15, -0.1) is 0 Å². The van der Waals surface area contributed by atoms with Gasteiger partial charge in [0.15, 0.2) is 0 Å². The molecule has 0 amide bonds. The summed E-state index contributed by atoms with van der Waals surface area (Å²) < 4.78 is 28.9. The predicted octanol–water partition coefficient (Wildman–Crippen LogP) is 4.53. The number of carbonyl (C=O) groups excluding carboxylic acids is 1. The van der Waals surface area contributed by atoms with Crippen molar-refractivity contribution >= 4 is 32.9 Å². The standard InChI is InChI=1S/C22H18ClNO3S/c23-21(25)15-14-17-8-7-13-20(16-17)28(26,27)24-22(18-9-3-1-4-10-18)19-11-5-2-6-12-19/h1-16,22,24H/b15-14+. The maximum absolute atomic E-state index is 13.1. The number of halogens is 1. The third-order valence-electron chi connectivity index (χ3n) is 4.11. The van der Waals surface area contributed by atoms with E-state index >= 15 is 0 Å². The Balaban J connectivity index is 1.96. The van der Waals surface area contributed by atoms with Crippen molar-refractivity contribution in [3.8, 4) is 0 Å². The molecule has 0 fully saturated rings. The van der Waals surface area contributed by atoms with Gasteiger partial charge in [-0.05, 0) is 46.5 Å². The quantitative estimate of drug-likeness (QED) is 0.458. The van der Waals surface area contributed by atoms with E-state index in [2.05, 4.69) is 4.72 Å². The average molecular weight is 412 g/mol. The van der Waals surface area contributed by atoms with Crippen LogP contribution in [0.3, 0.4) is 0 Å². The number of nitrogens with one attached hydrogen (secondary N) is 1. The Hall–Kier alpha value is -2.73. The van der Waals surface area contributed by atoms with Crippen LogP contribution in [0.4, 0.5) is 0 Å². The molecule has 0 aliphatic rings. The van der Waals surface area contributed by atoms with Gasteiger partial charge in [0.25, 0.3) is 0 Å². The minimum atomic E-state index is -3.82. The van der Waals surface area contributed by atoms with Crippen molar-refractivity contribution in [2.75, 3.05) is 0 Å². The summed E-state index contributed by atoms with van der Waals surface area (Å²) in [5, 5.41) is -0.625. The summed E-state index contributed by atoms with van der Waals surface area (Å²) in [6, 6.07) is 24.5. The van der Waals surface area contributed by atoms with Gasteiger partial charge in [0.2, 0.25) is 15.3 Å². The lowest BCUT2D eigenvalue weighted by atomic mass is 10.00. The van der Waals surface area contributed by atoms with Gasteiger partial charge in [0, 0.05) is 0 Å². The molecule has 0 saturated carbocycles. The van der Waals surface area contributed by atoms with Gasteiger partial charge in [0.1, 0.15) is 0 Å². The van der Waals surface area contributed by atoms with Crippen LogP contribution in [0.15, 0.2) is 95.9 Å². The topological polar surface area (TPSA) is 63.2 Å². The van der Waals surface area contributed by atoms with E-state index in [1.54, 1.807) is 12.1 Å². The molecule has 3 rings (SSSR count). The largest absolute Gasteiger partial charge is 0.276 e. The van der Waals surface area contributed by atoms with Crippen LogP contribution in [-0.4, -0.2) is 13.7 Å². The van der Waals surface area contributed by atoms with Crippen molar-refractivity contribution in [1.82, 2.24) is 4.72 Å². The normalized spacial score (nSPS) is 11.8. The monoisotopic (exact) mass is 411 g/mol. The Morgan fingerprint density at radius 1 is 0.857 bits per heavy atom. The zero-order valence-corrected chi connectivity index (χ0v) is 16.4. The lowest BCUT2D eigenvalue weighted by molar-refractivity contribution is -0.107. The van der Waals surface area contributed by atoms with E-state index in [-0.39, 0.29) is 4.90 Å². The molecule has 0 heterocycles. The molecule has 1 N–H and O–H groups in total. The summed E-state index contributed by atoms with van der Waals surface area (Å²) in [6.07, 6.45) is 2.65. The molecule has 0 spiro atoms. The van der Waals surface area contributed by atoms with Gasteiger partial charge in [-0.2, -0.15) is 4.72 Å². The fraction of sp³-hybridized carbons (Fsp3) is 0.0455. The van der Waals surface area contributed by atoms with Crippen molar-refractivity contribution in [3.05, 3.63) is 108 Å². The van der Waals surface area contributed by atoms with E-state index in [0.29, 0.717) is 5.56 Å². The van der Waals surface area contributed by atoms with E-state index in [4.69, 9.17) is 11.6 Å². The lowest BCUT2D eigenvalue weighted by Gasteiger charge is -2.20. The van der Waals surface area contributed by atoms with Crippen molar-refractivity contribution in [1.29, 1.82) is 0 Å². The van der Waals surface area contributed by atoms with Crippen LogP contribution in [0.1, 0.15) is 22.7 Å². The number of carbonyl (C=O) groups is 1. The molecule has 3 aromatic rings. The Bertz CT molecular complexity index is 1040. The molecule has 0 aliphatic carbocycles. The molecule has 4 nitrogen and oxygen atoms in total. The summed E-state index contributed by atoms with van der Waals surface area (Å²) in [7, 11) is -3.82. The second-order valence-electron chi connectivity index (χ2n) is 6.09. The molecule has 6 heteroatoms. The molecular weight excluding hydrogens is 394 g/mol.